The van der Waals surface area contributed by atoms with E-state index in [1.807, 2.05) is 13.0 Å². The van der Waals surface area contributed by atoms with Crippen LogP contribution in [0.5, 0.6) is 11.5 Å². The maximum Gasteiger partial charge on any atom is 0.264 e. The van der Waals surface area contributed by atoms with Crippen molar-refractivity contribution in [1.29, 1.82) is 5.26 Å². The van der Waals surface area contributed by atoms with Crippen molar-refractivity contribution >= 4 is 5.91 Å². The molecule has 0 saturated carbocycles. The lowest BCUT2D eigenvalue weighted by Crippen LogP contribution is -2.23. The van der Waals surface area contributed by atoms with Gasteiger partial charge >= 0.3 is 0 Å². The van der Waals surface area contributed by atoms with E-state index in [1.54, 1.807) is 42.5 Å². The van der Waals surface area contributed by atoms with Crippen molar-refractivity contribution in [3.05, 3.63) is 71.4 Å². The monoisotopic (exact) mass is 378 g/mol. The molecule has 28 heavy (non-hydrogen) atoms. The van der Waals surface area contributed by atoms with Crippen LogP contribution in [0.2, 0.25) is 0 Å². The van der Waals surface area contributed by atoms with Crippen LogP contribution in [0.1, 0.15) is 34.6 Å². The number of hydrogen-bond acceptors (Lipinski definition) is 7. The van der Waals surface area contributed by atoms with Gasteiger partial charge in [0.15, 0.2) is 23.9 Å². The summed E-state index contributed by atoms with van der Waals surface area (Å²) in [5, 5.41) is 15.5. The van der Waals surface area contributed by atoms with Crippen molar-refractivity contribution in [2.75, 3.05) is 6.61 Å². The lowest BCUT2D eigenvalue weighted by molar-refractivity contribution is 0.0949. The van der Waals surface area contributed by atoms with Crippen LogP contribution in [-0.4, -0.2) is 22.7 Å². The quantitative estimate of drug-likeness (QED) is 0.641. The standard InChI is InChI=1S/C20H18N4O4/c1-2-26-17-10-14(11-21)8-9-16(17)27-13-19-23-18(24-28-19)12-22-20(25)15-6-4-3-5-7-15/h3-10H,2,12-13H2,1H3,(H,22,25). The summed E-state index contributed by atoms with van der Waals surface area (Å²) in [7, 11) is 0. The van der Waals surface area contributed by atoms with E-state index < -0.39 is 0 Å². The van der Waals surface area contributed by atoms with Gasteiger partial charge in [-0.25, -0.2) is 0 Å². The highest BCUT2D eigenvalue weighted by molar-refractivity contribution is 5.93. The minimum Gasteiger partial charge on any atom is -0.490 e. The second-order valence-corrected chi connectivity index (χ2v) is 5.65. The first-order valence-corrected chi connectivity index (χ1v) is 8.64. The van der Waals surface area contributed by atoms with Gasteiger partial charge in [-0.15, -0.1) is 0 Å². The molecule has 3 rings (SSSR count). The number of carbonyl (C=O) groups excluding carboxylic acids is 1. The van der Waals surface area contributed by atoms with Crippen molar-refractivity contribution in [2.45, 2.75) is 20.1 Å². The topological polar surface area (TPSA) is 110 Å². The smallest absolute Gasteiger partial charge is 0.264 e. The molecule has 0 spiro atoms. The molecule has 142 valence electrons. The zero-order valence-electron chi connectivity index (χ0n) is 15.2. The first-order chi connectivity index (χ1) is 13.7. The molecule has 0 bridgehead atoms. The number of aromatic nitrogens is 2. The van der Waals surface area contributed by atoms with Gasteiger partial charge in [0.05, 0.1) is 24.8 Å². The van der Waals surface area contributed by atoms with E-state index in [-0.39, 0.29) is 24.9 Å². The maximum atomic E-state index is 12.0. The van der Waals surface area contributed by atoms with E-state index in [4.69, 9.17) is 19.3 Å². The minimum absolute atomic E-state index is 0.0333. The predicted molar refractivity (Wildman–Crippen MR) is 98.6 cm³/mol. The van der Waals surface area contributed by atoms with Gasteiger partial charge in [0.2, 0.25) is 0 Å². The molecule has 1 N–H and O–H groups in total. The molecule has 0 aliphatic heterocycles. The Labute approximate surface area is 161 Å². The lowest BCUT2D eigenvalue weighted by Gasteiger charge is -2.10. The van der Waals surface area contributed by atoms with Gasteiger partial charge in [0, 0.05) is 11.6 Å². The summed E-state index contributed by atoms with van der Waals surface area (Å²) in [6.45, 7) is 2.46. The number of hydrogen-bond donors (Lipinski definition) is 1. The molecule has 8 nitrogen and oxygen atoms in total. The number of nitrogens with one attached hydrogen (secondary N) is 1. The van der Waals surface area contributed by atoms with Gasteiger partial charge in [-0.05, 0) is 31.2 Å². The van der Waals surface area contributed by atoms with E-state index in [9.17, 15) is 4.79 Å². The molecule has 0 atom stereocenters. The highest BCUT2D eigenvalue weighted by atomic mass is 16.5. The number of amides is 1. The summed E-state index contributed by atoms with van der Waals surface area (Å²) in [4.78, 5) is 16.2. The molecule has 0 radical (unpaired) electrons. The van der Waals surface area contributed by atoms with Crippen LogP contribution in [0.15, 0.2) is 53.1 Å². The Hall–Kier alpha value is -3.86. The highest BCUT2D eigenvalue weighted by Gasteiger charge is 2.12. The molecule has 0 unspecified atom stereocenters. The zero-order valence-corrected chi connectivity index (χ0v) is 15.2. The second-order valence-electron chi connectivity index (χ2n) is 5.65. The Bertz CT molecular complexity index is 979. The number of rotatable bonds is 8. The SMILES string of the molecule is CCOc1cc(C#N)ccc1OCc1nc(CNC(=O)c2ccccc2)no1. The Kier molecular flexibility index (Phi) is 6.21. The van der Waals surface area contributed by atoms with Gasteiger partial charge in [-0.3, -0.25) is 4.79 Å². The summed E-state index contributed by atoms with van der Waals surface area (Å²) in [6.07, 6.45) is 0. The van der Waals surface area contributed by atoms with Crippen molar-refractivity contribution < 1.29 is 18.8 Å². The summed E-state index contributed by atoms with van der Waals surface area (Å²) in [6, 6.07) is 15.8. The molecular weight excluding hydrogens is 360 g/mol. The van der Waals surface area contributed by atoms with Gasteiger partial charge in [-0.1, -0.05) is 23.4 Å². The van der Waals surface area contributed by atoms with E-state index in [1.165, 1.54) is 0 Å². The van der Waals surface area contributed by atoms with Crippen LogP contribution in [0.3, 0.4) is 0 Å². The van der Waals surface area contributed by atoms with Crippen LogP contribution in [0, 0.1) is 11.3 Å². The van der Waals surface area contributed by atoms with Crippen molar-refractivity contribution in [3.8, 4) is 17.6 Å². The summed E-state index contributed by atoms with van der Waals surface area (Å²) < 4.78 is 16.3. The lowest BCUT2D eigenvalue weighted by atomic mass is 10.2. The average molecular weight is 378 g/mol. The molecule has 1 amide bonds. The Balaban J connectivity index is 1.56. The van der Waals surface area contributed by atoms with E-state index >= 15 is 0 Å². The predicted octanol–water partition coefficient (Wildman–Crippen LogP) is 2.85. The first kappa shape index (κ1) is 18.9. The normalized spacial score (nSPS) is 10.1. The van der Waals surface area contributed by atoms with E-state index in [2.05, 4.69) is 21.5 Å². The average Bonchev–Trinajstić information content (AvgIpc) is 3.19. The summed E-state index contributed by atoms with van der Waals surface area (Å²) in [5.74, 6) is 1.32. The van der Waals surface area contributed by atoms with Crippen LogP contribution in [-0.2, 0) is 13.2 Å². The molecule has 3 aromatic rings. The van der Waals surface area contributed by atoms with Crippen molar-refractivity contribution in [3.63, 3.8) is 0 Å². The minimum atomic E-state index is -0.220. The van der Waals surface area contributed by atoms with Crippen LogP contribution >= 0.6 is 0 Å². The van der Waals surface area contributed by atoms with Gasteiger partial charge in [0.1, 0.15) is 0 Å². The fourth-order valence-electron chi connectivity index (χ4n) is 2.38. The van der Waals surface area contributed by atoms with Crippen molar-refractivity contribution in [2.24, 2.45) is 0 Å². The fourth-order valence-corrected chi connectivity index (χ4v) is 2.38. The zero-order chi connectivity index (χ0) is 19.8. The maximum absolute atomic E-state index is 12.0. The molecule has 0 aliphatic rings. The Morgan fingerprint density at radius 2 is 2.00 bits per heavy atom. The number of nitrogens with zero attached hydrogens (tertiary/aromatic N) is 3. The molecule has 8 heteroatoms. The number of benzene rings is 2. The van der Waals surface area contributed by atoms with Crippen LogP contribution in [0.4, 0.5) is 0 Å². The molecule has 1 aromatic heterocycles. The third-order valence-electron chi connectivity index (χ3n) is 3.68. The molecule has 2 aromatic carbocycles. The summed E-state index contributed by atoms with van der Waals surface area (Å²) >= 11 is 0. The van der Waals surface area contributed by atoms with Crippen LogP contribution in [0.25, 0.3) is 0 Å². The van der Waals surface area contributed by atoms with Gasteiger partial charge < -0.3 is 19.3 Å². The molecule has 1 heterocycles. The Morgan fingerprint density at radius 1 is 1.18 bits per heavy atom. The van der Waals surface area contributed by atoms with Crippen molar-refractivity contribution in [1.82, 2.24) is 15.5 Å². The second kappa shape index (κ2) is 9.19. The largest absolute Gasteiger partial charge is 0.490 e. The molecule has 0 saturated heterocycles. The number of nitriles is 1. The van der Waals surface area contributed by atoms with Gasteiger partial charge in [0.25, 0.3) is 11.8 Å². The molecule has 0 aliphatic carbocycles. The van der Waals surface area contributed by atoms with Gasteiger partial charge in [-0.2, -0.15) is 10.2 Å². The molecule has 0 fully saturated rings. The first-order valence-electron chi connectivity index (χ1n) is 8.64. The van der Waals surface area contributed by atoms with E-state index in [0.717, 1.165) is 0 Å². The fraction of sp³-hybridized carbons (Fsp3) is 0.200. The number of ether oxygens (including phenoxy) is 2. The number of carbonyl (C=O) groups is 1. The van der Waals surface area contributed by atoms with Crippen LogP contribution < -0.4 is 14.8 Å². The third kappa shape index (κ3) is 4.86. The summed E-state index contributed by atoms with van der Waals surface area (Å²) in [5.41, 5.74) is 1.03. The van der Waals surface area contributed by atoms with E-state index in [0.29, 0.717) is 35.1 Å². The highest BCUT2D eigenvalue weighted by Crippen LogP contribution is 2.28. The Morgan fingerprint density at radius 3 is 2.75 bits per heavy atom. The molecular formula is C20H18N4O4. The third-order valence-corrected chi connectivity index (χ3v) is 3.68.